The summed E-state index contributed by atoms with van der Waals surface area (Å²) in [5.74, 6) is 0.413. The number of anilines is 1. The van der Waals surface area contributed by atoms with Gasteiger partial charge >= 0.3 is 6.09 Å². The highest BCUT2D eigenvalue weighted by atomic mass is 16.6. The van der Waals surface area contributed by atoms with Crippen molar-refractivity contribution in [2.24, 2.45) is 11.3 Å². The Morgan fingerprint density at radius 3 is 2.86 bits per heavy atom. The van der Waals surface area contributed by atoms with Crippen molar-refractivity contribution < 1.29 is 9.53 Å². The summed E-state index contributed by atoms with van der Waals surface area (Å²) < 4.78 is 8.32. The van der Waals surface area contributed by atoms with E-state index in [9.17, 15) is 4.79 Å². The van der Waals surface area contributed by atoms with Gasteiger partial charge in [-0.25, -0.2) is 14.6 Å². The lowest BCUT2D eigenvalue weighted by molar-refractivity contribution is 0.00412. The van der Waals surface area contributed by atoms with Crippen molar-refractivity contribution in [2.45, 2.75) is 51.2 Å². The summed E-state index contributed by atoms with van der Waals surface area (Å²) in [5, 5.41) is 0. The minimum atomic E-state index is -0.383. The Morgan fingerprint density at radius 2 is 2.03 bits per heavy atom. The Hall–Kier alpha value is -3.53. The zero-order valence-electron chi connectivity index (χ0n) is 20.9. The van der Waals surface area contributed by atoms with Crippen LogP contribution in [0.25, 0.3) is 15.9 Å². The molecule has 2 aliphatic heterocycles. The minimum absolute atomic E-state index is 0.0603. The van der Waals surface area contributed by atoms with Crippen LogP contribution in [0.2, 0.25) is 0 Å². The lowest BCUT2D eigenvalue weighted by atomic mass is 9.77. The lowest BCUT2D eigenvalue weighted by Crippen LogP contribution is -2.43. The van der Waals surface area contributed by atoms with Crippen molar-refractivity contribution in [1.29, 1.82) is 0 Å². The smallest absolute Gasteiger partial charge is 0.410 e. The highest BCUT2D eigenvalue weighted by Gasteiger charge is 2.50. The summed E-state index contributed by atoms with van der Waals surface area (Å²) in [6, 6.07) is 16.2. The lowest BCUT2D eigenvalue weighted by Gasteiger charge is -2.36. The predicted octanol–water partition coefficient (Wildman–Crippen LogP) is 5.88. The van der Waals surface area contributed by atoms with Crippen molar-refractivity contribution in [1.82, 2.24) is 14.5 Å². The van der Waals surface area contributed by atoms with E-state index in [0.29, 0.717) is 18.2 Å². The first kappa shape index (κ1) is 22.9. The van der Waals surface area contributed by atoms with E-state index in [-0.39, 0.29) is 17.1 Å². The molecule has 1 spiro atoms. The van der Waals surface area contributed by atoms with Crippen molar-refractivity contribution >= 4 is 28.5 Å². The molecule has 6 rings (SSSR count). The summed E-state index contributed by atoms with van der Waals surface area (Å²) in [7, 11) is 0. The molecule has 2 saturated heterocycles. The van der Waals surface area contributed by atoms with E-state index in [0.717, 1.165) is 69.3 Å². The van der Waals surface area contributed by atoms with E-state index < -0.39 is 0 Å². The first-order valence-corrected chi connectivity index (χ1v) is 13.0. The number of ether oxygens (including phenoxy) is 1. The van der Waals surface area contributed by atoms with Crippen molar-refractivity contribution in [3.8, 4) is 0 Å². The molecule has 0 radical (unpaired) electrons. The number of carbonyl (C=O) groups is 1. The number of amides is 1. The van der Waals surface area contributed by atoms with E-state index in [1.165, 1.54) is 5.69 Å². The highest BCUT2D eigenvalue weighted by molar-refractivity contribution is 5.79. The van der Waals surface area contributed by atoms with E-state index in [4.69, 9.17) is 11.3 Å². The van der Waals surface area contributed by atoms with Crippen LogP contribution in [0.15, 0.2) is 54.9 Å². The molecule has 2 aromatic carbocycles. The van der Waals surface area contributed by atoms with Gasteiger partial charge in [-0.15, -0.1) is 0 Å². The fourth-order valence-corrected chi connectivity index (χ4v) is 6.66. The maximum absolute atomic E-state index is 13.0. The molecule has 2 unspecified atom stereocenters. The second-order valence-corrected chi connectivity index (χ2v) is 11.4. The number of carbonyl (C=O) groups excluding carboxylic acids is 1. The Morgan fingerprint density at radius 1 is 1.17 bits per heavy atom. The molecule has 3 fully saturated rings. The van der Waals surface area contributed by atoms with Crippen molar-refractivity contribution in [3.05, 3.63) is 66.3 Å². The Kier molecular flexibility index (Phi) is 5.63. The molecule has 1 aromatic heterocycles. The Bertz CT molecular complexity index is 1310. The highest BCUT2D eigenvalue weighted by Crippen LogP contribution is 2.43. The van der Waals surface area contributed by atoms with E-state index in [1.54, 1.807) is 0 Å². The van der Waals surface area contributed by atoms with Crippen LogP contribution >= 0.6 is 0 Å². The Labute approximate surface area is 212 Å². The number of nitrogens with zero attached hydrogens (tertiary/aromatic N) is 5. The summed E-state index contributed by atoms with van der Waals surface area (Å²) in [6.45, 7) is 13.9. The average molecular weight is 484 g/mol. The molecule has 3 heterocycles. The van der Waals surface area contributed by atoms with Gasteiger partial charge in [0.15, 0.2) is 5.69 Å². The standard InChI is InChI=1S/C29H33N5O2/c1-28(13-14-32(18-28)24-8-4-3-5-9-24)19-34-20-29(36-27(34)35)12-6-7-22(16-29)17-33-21-31-25-11-10-23(30-2)15-26(25)33/h3-5,8-11,15,21-22H,6-7,12-14,16-20H2,1H3/t22-,28?,29?/m0/s1. The van der Waals surface area contributed by atoms with Crippen LogP contribution in [0.1, 0.15) is 39.0 Å². The van der Waals surface area contributed by atoms with Crippen LogP contribution in [0.4, 0.5) is 16.2 Å². The average Bonchev–Trinajstić information content (AvgIpc) is 3.55. The number of para-hydroxylation sites is 1. The van der Waals surface area contributed by atoms with Crippen LogP contribution in [0.5, 0.6) is 0 Å². The van der Waals surface area contributed by atoms with Crippen LogP contribution in [0.3, 0.4) is 0 Å². The number of benzene rings is 2. The first-order valence-electron chi connectivity index (χ1n) is 13.0. The van der Waals surface area contributed by atoms with Crippen molar-refractivity contribution in [2.75, 3.05) is 31.1 Å². The molecule has 1 aliphatic carbocycles. The number of hydrogen-bond acceptors (Lipinski definition) is 4. The molecular formula is C29H33N5O2. The maximum atomic E-state index is 13.0. The number of rotatable bonds is 5. The fourth-order valence-electron chi connectivity index (χ4n) is 6.66. The van der Waals surface area contributed by atoms with Gasteiger partial charge in [-0.05, 0) is 62.3 Å². The summed E-state index contributed by atoms with van der Waals surface area (Å²) >= 11 is 0. The van der Waals surface area contributed by atoms with Gasteiger partial charge in [0.2, 0.25) is 0 Å². The third kappa shape index (κ3) is 4.30. The number of hydrogen-bond donors (Lipinski definition) is 0. The molecule has 7 nitrogen and oxygen atoms in total. The third-order valence-electron chi connectivity index (χ3n) is 8.39. The van der Waals surface area contributed by atoms with Gasteiger partial charge < -0.3 is 19.1 Å². The zero-order chi connectivity index (χ0) is 24.8. The zero-order valence-corrected chi connectivity index (χ0v) is 20.9. The molecule has 186 valence electrons. The van der Waals surface area contributed by atoms with Gasteiger partial charge in [0.1, 0.15) is 5.60 Å². The molecule has 0 N–H and O–H groups in total. The number of aromatic nitrogens is 2. The van der Waals surface area contributed by atoms with Gasteiger partial charge in [-0.2, -0.15) is 0 Å². The SMILES string of the molecule is [C-]#[N+]c1ccc2ncn(C[C@H]3CCCC4(C3)CN(CC3(C)CCN(c5ccccc5)C3)C(=O)O4)c2c1. The second kappa shape index (κ2) is 8.85. The molecule has 1 saturated carbocycles. The number of imidazole rings is 1. The summed E-state index contributed by atoms with van der Waals surface area (Å²) in [6.07, 6.45) is 6.80. The first-order chi connectivity index (χ1) is 17.4. The van der Waals surface area contributed by atoms with Crippen LogP contribution < -0.4 is 4.90 Å². The molecule has 3 aliphatic rings. The normalized spacial score (nSPS) is 28.1. The van der Waals surface area contributed by atoms with Crippen LogP contribution in [-0.2, 0) is 11.3 Å². The van der Waals surface area contributed by atoms with Gasteiger partial charge in [-0.3, -0.25) is 0 Å². The molecule has 7 heteroatoms. The van der Waals surface area contributed by atoms with E-state index >= 15 is 0 Å². The third-order valence-corrected chi connectivity index (χ3v) is 8.39. The van der Waals surface area contributed by atoms with Crippen molar-refractivity contribution in [3.63, 3.8) is 0 Å². The number of fused-ring (bicyclic) bond motifs is 1. The molecule has 0 bridgehead atoms. The van der Waals surface area contributed by atoms with Gasteiger partial charge in [0, 0.05) is 37.3 Å². The quantitative estimate of drug-likeness (QED) is 0.425. The van der Waals surface area contributed by atoms with E-state index in [2.05, 4.69) is 56.6 Å². The summed E-state index contributed by atoms with van der Waals surface area (Å²) in [5.41, 5.74) is 3.49. The monoisotopic (exact) mass is 483 g/mol. The molecule has 3 atom stereocenters. The van der Waals surface area contributed by atoms with Gasteiger partial charge in [0.25, 0.3) is 0 Å². The maximum Gasteiger partial charge on any atom is 0.410 e. The Balaban J connectivity index is 1.12. The molecular weight excluding hydrogens is 450 g/mol. The fraction of sp³-hybridized carbons (Fsp3) is 0.483. The topological polar surface area (TPSA) is 55.0 Å². The minimum Gasteiger partial charge on any atom is -0.441 e. The molecule has 1 amide bonds. The predicted molar refractivity (Wildman–Crippen MR) is 140 cm³/mol. The largest absolute Gasteiger partial charge is 0.441 e. The van der Waals surface area contributed by atoms with Crippen LogP contribution in [-0.4, -0.2) is 52.3 Å². The molecule has 3 aromatic rings. The van der Waals surface area contributed by atoms with Gasteiger partial charge in [-0.1, -0.05) is 31.2 Å². The van der Waals surface area contributed by atoms with E-state index in [1.807, 2.05) is 29.4 Å². The van der Waals surface area contributed by atoms with Crippen LogP contribution in [0, 0.1) is 17.9 Å². The molecule has 36 heavy (non-hydrogen) atoms. The summed E-state index contributed by atoms with van der Waals surface area (Å²) in [4.78, 5) is 25.6. The second-order valence-electron chi connectivity index (χ2n) is 11.4. The van der Waals surface area contributed by atoms with Gasteiger partial charge in [0.05, 0.1) is 30.5 Å².